The second kappa shape index (κ2) is 7.04. The summed E-state index contributed by atoms with van der Waals surface area (Å²) in [5.74, 6) is -11.0. The lowest BCUT2D eigenvalue weighted by Crippen LogP contribution is -2.25. The molecule has 0 bridgehead atoms. The Morgan fingerprint density at radius 3 is 2.14 bits per heavy atom. The van der Waals surface area contributed by atoms with Gasteiger partial charge in [-0.3, -0.25) is 4.79 Å². The third-order valence-electron chi connectivity index (χ3n) is 3.28. The molecule has 22 heavy (non-hydrogen) atoms. The third-order valence-corrected chi connectivity index (χ3v) is 3.28. The lowest BCUT2D eigenvalue weighted by Gasteiger charge is -2.22. The largest absolute Gasteiger partial charge is 0.436 e. The fourth-order valence-electron chi connectivity index (χ4n) is 2.11. The number of hydrogen-bond donors (Lipinski definition) is 0. The smallest absolute Gasteiger partial charge is 0.308 e. The van der Waals surface area contributed by atoms with Gasteiger partial charge in [-0.2, -0.15) is 0 Å². The molecule has 1 atom stereocenters. The number of rotatable bonds is 4. The topological polar surface area (TPSA) is 35.5 Å². The first-order valence-corrected chi connectivity index (χ1v) is 6.73. The molecule has 0 saturated carbocycles. The highest BCUT2D eigenvalue weighted by Crippen LogP contribution is 2.24. The van der Waals surface area contributed by atoms with E-state index >= 15 is 0 Å². The molecule has 1 aromatic rings. The van der Waals surface area contributed by atoms with Crippen LogP contribution in [0.15, 0.2) is 0 Å². The van der Waals surface area contributed by atoms with Crippen LogP contribution in [0.2, 0.25) is 0 Å². The van der Waals surface area contributed by atoms with Crippen LogP contribution in [0.5, 0.6) is 0 Å². The number of ether oxygens (including phenoxy) is 2. The van der Waals surface area contributed by atoms with Crippen molar-refractivity contribution in [3.05, 3.63) is 34.6 Å². The van der Waals surface area contributed by atoms with Crippen LogP contribution in [0.25, 0.3) is 0 Å². The van der Waals surface area contributed by atoms with Gasteiger partial charge in [-0.25, -0.2) is 22.0 Å². The highest BCUT2D eigenvalue weighted by molar-refractivity contribution is 5.69. The Morgan fingerprint density at radius 2 is 1.59 bits per heavy atom. The van der Waals surface area contributed by atoms with Crippen LogP contribution in [-0.4, -0.2) is 18.9 Å². The molecule has 1 aliphatic heterocycles. The molecule has 0 amide bonds. The highest BCUT2D eigenvalue weighted by atomic mass is 19.2. The van der Waals surface area contributed by atoms with Crippen molar-refractivity contribution in [2.45, 2.75) is 38.4 Å². The first-order valence-electron chi connectivity index (χ1n) is 6.73. The molecular formula is C14H13F5O3. The van der Waals surface area contributed by atoms with Gasteiger partial charge in [-0.05, 0) is 19.3 Å². The normalized spacial score (nSPS) is 18.3. The van der Waals surface area contributed by atoms with Gasteiger partial charge >= 0.3 is 5.97 Å². The zero-order chi connectivity index (χ0) is 16.3. The van der Waals surface area contributed by atoms with Crippen molar-refractivity contribution in [2.75, 3.05) is 6.61 Å². The molecule has 2 rings (SSSR count). The molecule has 3 nitrogen and oxygen atoms in total. The van der Waals surface area contributed by atoms with E-state index in [1.54, 1.807) is 0 Å². The van der Waals surface area contributed by atoms with Gasteiger partial charge in [0, 0.05) is 18.4 Å². The van der Waals surface area contributed by atoms with Crippen LogP contribution in [0.1, 0.15) is 31.2 Å². The molecule has 1 saturated heterocycles. The molecule has 0 aromatic heterocycles. The van der Waals surface area contributed by atoms with Crippen molar-refractivity contribution < 1.29 is 36.2 Å². The number of hydrogen-bond acceptors (Lipinski definition) is 3. The van der Waals surface area contributed by atoms with Crippen LogP contribution in [0.3, 0.4) is 0 Å². The first kappa shape index (κ1) is 16.7. The van der Waals surface area contributed by atoms with Gasteiger partial charge in [-0.15, -0.1) is 0 Å². The maximum absolute atomic E-state index is 13.4. The molecular weight excluding hydrogens is 311 g/mol. The van der Waals surface area contributed by atoms with Gasteiger partial charge in [0.25, 0.3) is 0 Å². The fraction of sp³-hybridized carbons (Fsp3) is 0.500. The zero-order valence-corrected chi connectivity index (χ0v) is 11.4. The number of esters is 1. The van der Waals surface area contributed by atoms with Gasteiger partial charge in [0.05, 0.1) is 6.61 Å². The summed E-state index contributed by atoms with van der Waals surface area (Å²) in [6, 6.07) is 0. The van der Waals surface area contributed by atoms with Crippen molar-refractivity contribution in [2.24, 2.45) is 0 Å². The second-order valence-corrected chi connectivity index (χ2v) is 4.83. The van der Waals surface area contributed by atoms with E-state index in [4.69, 9.17) is 9.47 Å². The zero-order valence-electron chi connectivity index (χ0n) is 11.4. The van der Waals surface area contributed by atoms with E-state index in [0.717, 1.165) is 12.8 Å². The molecule has 122 valence electrons. The van der Waals surface area contributed by atoms with Gasteiger partial charge < -0.3 is 9.47 Å². The van der Waals surface area contributed by atoms with E-state index < -0.39 is 59.8 Å². The summed E-state index contributed by atoms with van der Waals surface area (Å²) in [5, 5.41) is 0. The predicted molar refractivity (Wildman–Crippen MR) is 64.2 cm³/mol. The molecule has 1 fully saturated rings. The highest BCUT2D eigenvalue weighted by Gasteiger charge is 2.26. The molecule has 8 heteroatoms. The van der Waals surface area contributed by atoms with Crippen molar-refractivity contribution >= 4 is 5.97 Å². The molecule has 0 spiro atoms. The van der Waals surface area contributed by atoms with E-state index in [-0.39, 0.29) is 0 Å². The van der Waals surface area contributed by atoms with Crippen LogP contribution < -0.4 is 0 Å². The molecule has 0 aliphatic carbocycles. The van der Waals surface area contributed by atoms with Crippen molar-refractivity contribution in [3.63, 3.8) is 0 Å². The quantitative estimate of drug-likeness (QED) is 0.369. The van der Waals surface area contributed by atoms with E-state index in [1.165, 1.54) is 0 Å². The standard InChI is InChI=1S/C14H13F5O3/c15-10-7(11(16)13(18)14(19)12(10)17)4-5-8(20)22-9-3-1-2-6-21-9/h9H,1-6H2. The minimum Gasteiger partial charge on any atom is -0.436 e. The summed E-state index contributed by atoms with van der Waals surface area (Å²) >= 11 is 0. The van der Waals surface area contributed by atoms with E-state index in [2.05, 4.69) is 0 Å². The third kappa shape index (κ3) is 3.55. The van der Waals surface area contributed by atoms with Gasteiger partial charge in [0.15, 0.2) is 23.3 Å². The summed E-state index contributed by atoms with van der Waals surface area (Å²) in [6.45, 7) is 0.440. The molecule has 1 aromatic carbocycles. The predicted octanol–water partition coefficient (Wildman–Crippen LogP) is 3.38. The Kier molecular flexibility index (Phi) is 5.33. The summed E-state index contributed by atoms with van der Waals surface area (Å²) in [4.78, 5) is 11.5. The van der Waals surface area contributed by atoms with E-state index in [9.17, 15) is 26.7 Å². The summed E-state index contributed by atoms with van der Waals surface area (Å²) in [7, 11) is 0. The fourth-order valence-corrected chi connectivity index (χ4v) is 2.11. The lowest BCUT2D eigenvalue weighted by atomic mass is 10.1. The minimum atomic E-state index is -2.23. The average Bonchev–Trinajstić information content (AvgIpc) is 2.52. The Balaban J connectivity index is 2.00. The molecule has 1 heterocycles. The van der Waals surface area contributed by atoms with Crippen LogP contribution in [-0.2, 0) is 20.7 Å². The maximum atomic E-state index is 13.4. The van der Waals surface area contributed by atoms with Gasteiger partial charge in [-0.1, -0.05) is 0 Å². The monoisotopic (exact) mass is 324 g/mol. The Hall–Kier alpha value is -1.70. The molecule has 0 radical (unpaired) electrons. The molecule has 1 aliphatic rings. The number of benzene rings is 1. The van der Waals surface area contributed by atoms with Crippen molar-refractivity contribution in [1.82, 2.24) is 0 Å². The summed E-state index contributed by atoms with van der Waals surface area (Å²) < 4.78 is 75.8. The average molecular weight is 324 g/mol. The number of carbonyl (C=O) groups is 1. The maximum Gasteiger partial charge on any atom is 0.308 e. The van der Waals surface area contributed by atoms with Crippen LogP contribution >= 0.6 is 0 Å². The van der Waals surface area contributed by atoms with Crippen molar-refractivity contribution in [1.29, 1.82) is 0 Å². The van der Waals surface area contributed by atoms with E-state index in [0.29, 0.717) is 13.0 Å². The first-order chi connectivity index (χ1) is 10.4. The van der Waals surface area contributed by atoms with Crippen molar-refractivity contribution in [3.8, 4) is 0 Å². The Morgan fingerprint density at radius 1 is 1.00 bits per heavy atom. The Bertz CT molecular complexity index is 541. The van der Waals surface area contributed by atoms with Gasteiger partial charge in [0.2, 0.25) is 12.1 Å². The second-order valence-electron chi connectivity index (χ2n) is 4.83. The molecule has 0 N–H and O–H groups in total. The van der Waals surface area contributed by atoms with Crippen LogP contribution in [0.4, 0.5) is 22.0 Å². The summed E-state index contributed by atoms with van der Waals surface area (Å²) in [6.07, 6.45) is 0.274. The van der Waals surface area contributed by atoms with Crippen LogP contribution in [0, 0.1) is 29.1 Å². The summed E-state index contributed by atoms with van der Waals surface area (Å²) in [5.41, 5.74) is -1.03. The SMILES string of the molecule is O=C(CCc1c(F)c(F)c(F)c(F)c1F)OC1CCCCO1. The Labute approximate surface area is 123 Å². The lowest BCUT2D eigenvalue weighted by molar-refractivity contribution is -0.186. The number of halogens is 5. The minimum absolute atomic E-state index is 0.440. The number of carbonyl (C=O) groups excluding carboxylic acids is 1. The van der Waals surface area contributed by atoms with Gasteiger partial charge in [0.1, 0.15) is 0 Å². The van der Waals surface area contributed by atoms with E-state index in [1.807, 2.05) is 0 Å². The molecule has 1 unspecified atom stereocenters.